The first kappa shape index (κ1) is 22.8. The van der Waals surface area contributed by atoms with E-state index in [4.69, 9.17) is 9.73 Å². The molecule has 184 valence electrons. The van der Waals surface area contributed by atoms with E-state index in [0.717, 1.165) is 73.8 Å². The van der Waals surface area contributed by atoms with Crippen molar-refractivity contribution in [1.82, 2.24) is 10.3 Å². The molecule has 0 radical (unpaired) electrons. The maximum Gasteiger partial charge on any atom is 0.132 e. The summed E-state index contributed by atoms with van der Waals surface area (Å²) in [5.74, 6) is 0.885. The summed E-state index contributed by atoms with van der Waals surface area (Å²) in [6.45, 7) is 8.42. The minimum atomic E-state index is -0.171. The lowest BCUT2D eigenvalue weighted by molar-refractivity contribution is 0.0205. The Bertz CT molecular complexity index is 1340. The first-order valence-electron chi connectivity index (χ1n) is 12.8. The first-order chi connectivity index (χ1) is 17.7. The lowest BCUT2D eigenvalue weighted by Crippen LogP contribution is -2.51. The monoisotopic (exact) mass is 481 g/mol. The average Bonchev–Trinajstić information content (AvgIpc) is 3.15. The lowest BCUT2D eigenvalue weighted by Gasteiger charge is -2.39. The van der Waals surface area contributed by atoms with Crippen LogP contribution < -0.4 is 20.4 Å². The summed E-state index contributed by atoms with van der Waals surface area (Å²) >= 11 is 0. The van der Waals surface area contributed by atoms with Gasteiger partial charge < -0.3 is 25.2 Å². The largest absolute Gasteiger partial charge is 0.369 e. The number of aromatic nitrogens is 1. The zero-order valence-corrected chi connectivity index (χ0v) is 20.6. The maximum atomic E-state index is 9.54. The third-order valence-electron chi connectivity index (χ3n) is 7.27. The molecule has 3 aliphatic heterocycles. The number of amidine groups is 1. The van der Waals surface area contributed by atoms with E-state index in [9.17, 15) is 5.26 Å². The Balaban J connectivity index is 1.25. The van der Waals surface area contributed by atoms with Crippen LogP contribution in [0.2, 0.25) is 0 Å². The number of hydrogen-bond donors (Lipinski definition) is 2. The molecule has 2 aromatic carbocycles. The minimum Gasteiger partial charge on any atom is -0.369 e. The Hall–Kier alpha value is -3.67. The molecule has 4 heterocycles. The second-order valence-electron chi connectivity index (χ2n) is 9.70. The third kappa shape index (κ3) is 4.36. The zero-order chi connectivity index (χ0) is 24.5. The summed E-state index contributed by atoms with van der Waals surface area (Å²) in [5.41, 5.74) is 6.12. The third-order valence-corrected chi connectivity index (χ3v) is 7.27. The number of fused-ring (bicyclic) bond motifs is 2. The molecule has 1 aromatic heterocycles. The molecule has 3 aromatic rings. The van der Waals surface area contributed by atoms with Crippen LogP contribution in [0.1, 0.15) is 18.1 Å². The van der Waals surface area contributed by atoms with Gasteiger partial charge in [0, 0.05) is 67.9 Å². The lowest BCUT2D eigenvalue weighted by atomic mass is 10.1. The second kappa shape index (κ2) is 9.76. The molecule has 2 fully saturated rings. The minimum absolute atomic E-state index is 0.0356. The van der Waals surface area contributed by atoms with Gasteiger partial charge in [-0.05, 0) is 61.4 Å². The number of pyridine rings is 1. The standard InChI is InChI=1S/C28H31N7O/c1-19-17-35(25-7-4-21(16-29)27-23(25)3-2-9-31-27)18-26(36-19)28-32-10-8-20-15-22(5-6-24(20)33-28)34-13-11-30-12-14-34/h2-7,9,15,19,26,30H,8,10-14,17-18H2,1H3,(H,32,33)/t19-,26-/m1/s1. The number of ether oxygens (including phenoxy) is 1. The van der Waals surface area contributed by atoms with Crippen LogP contribution in [0.3, 0.4) is 0 Å². The zero-order valence-electron chi connectivity index (χ0n) is 20.6. The van der Waals surface area contributed by atoms with Gasteiger partial charge in [0.15, 0.2) is 0 Å². The van der Waals surface area contributed by atoms with E-state index in [2.05, 4.69) is 56.6 Å². The highest BCUT2D eigenvalue weighted by Gasteiger charge is 2.31. The van der Waals surface area contributed by atoms with Crippen molar-refractivity contribution in [2.45, 2.75) is 25.6 Å². The van der Waals surface area contributed by atoms with Crippen LogP contribution in [-0.2, 0) is 11.2 Å². The molecule has 0 amide bonds. The summed E-state index contributed by atoms with van der Waals surface area (Å²) in [4.78, 5) is 14.2. The maximum absolute atomic E-state index is 9.54. The number of nitriles is 1. The highest BCUT2D eigenvalue weighted by atomic mass is 16.5. The van der Waals surface area contributed by atoms with Crippen LogP contribution in [0.4, 0.5) is 17.1 Å². The molecule has 2 saturated heterocycles. The highest BCUT2D eigenvalue weighted by Crippen LogP contribution is 2.31. The van der Waals surface area contributed by atoms with Gasteiger partial charge in [0.2, 0.25) is 0 Å². The number of piperazine rings is 1. The topological polar surface area (TPSA) is 88.8 Å². The smallest absolute Gasteiger partial charge is 0.132 e. The van der Waals surface area contributed by atoms with Crippen LogP contribution in [0.15, 0.2) is 53.7 Å². The SMILES string of the molecule is C[C@@H]1CN(c2ccc(C#N)c3ncccc23)C[C@H](C2=NCCc3cc(N4CCNCC4)ccc3N2)O1. The summed E-state index contributed by atoms with van der Waals surface area (Å²) in [6.07, 6.45) is 2.51. The van der Waals surface area contributed by atoms with E-state index in [1.807, 2.05) is 24.3 Å². The van der Waals surface area contributed by atoms with Gasteiger partial charge in [0.1, 0.15) is 18.0 Å². The number of benzene rings is 2. The molecule has 0 spiro atoms. The van der Waals surface area contributed by atoms with Crippen LogP contribution in [0.5, 0.6) is 0 Å². The number of aliphatic imine (C=N–C) groups is 1. The van der Waals surface area contributed by atoms with Crippen LogP contribution in [-0.4, -0.2) is 68.8 Å². The van der Waals surface area contributed by atoms with E-state index in [1.54, 1.807) is 6.20 Å². The van der Waals surface area contributed by atoms with Crippen molar-refractivity contribution in [3.05, 3.63) is 59.8 Å². The summed E-state index contributed by atoms with van der Waals surface area (Å²) in [6, 6.07) is 16.9. The van der Waals surface area contributed by atoms with Crippen LogP contribution in [0, 0.1) is 11.3 Å². The van der Waals surface area contributed by atoms with Crippen molar-refractivity contribution < 1.29 is 4.74 Å². The van der Waals surface area contributed by atoms with Crippen molar-refractivity contribution in [3.63, 3.8) is 0 Å². The number of hydrogen-bond acceptors (Lipinski definition) is 8. The predicted molar refractivity (Wildman–Crippen MR) is 144 cm³/mol. The average molecular weight is 482 g/mol. The van der Waals surface area contributed by atoms with Crippen LogP contribution >= 0.6 is 0 Å². The fourth-order valence-corrected chi connectivity index (χ4v) is 5.51. The van der Waals surface area contributed by atoms with Gasteiger partial charge in [-0.2, -0.15) is 5.26 Å². The van der Waals surface area contributed by atoms with Crippen molar-refractivity contribution in [2.75, 3.05) is 60.9 Å². The van der Waals surface area contributed by atoms with Gasteiger partial charge in [-0.25, -0.2) is 0 Å². The molecule has 0 aliphatic carbocycles. The molecular weight excluding hydrogens is 450 g/mol. The Labute approximate surface area is 211 Å². The number of morpholine rings is 1. The van der Waals surface area contributed by atoms with Crippen molar-refractivity contribution in [3.8, 4) is 6.07 Å². The fraction of sp³-hybridized carbons (Fsp3) is 0.393. The molecule has 3 aliphatic rings. The van der Waals surface area contributed by atoms with Gasteiger partial charge >= 0.3 is 0 Å². The van der Waals surface area contributed by atoms with Gasteiger partial charge in [-0.15, -0.1) is 0 Å². The molecule has 8 heteroatoms. The Morgan fingerprint density at radius 1 is 1.08 bits per heavy atom. The van der Waals surface area contributed by atoms with Crippen molar-refractivity contribution in [2.24, 2.45) is 4.99 Å². The van der Waals surface area contributed by atoms with Crippen molar-refractivity contribution >= 4 is 33.8 Å². The molecule has 6 rings (SSSR count). The van der Waals surface area contributed by atoms with E-state index in [1.165, 1.54) is 11.3 Å². The van der Waals surface area contributed by atoms with E-state index in [0.29, 0.717) is 12.1 Å². The molecule has 0 unspecified atom stereocenters. The molecule has 2 N–H and O–H groups in total. The van der Waals surface area contributed by atoms with Gasteiger partial charge in [-0.3, -0.25) is 9.98 Å². The molecule has 36 heavy (non-hydrogen) atoms. The number of nitrogens with one attached hydrogen (secondary N) is 2. The van der Waals surface area contributed by atoms with Crippen molar-refractivity contribution in [1.29, 1.82) is 5.26 Å². The first-order valence-corrected chi connectivity index (χ1v) is 12.8. The predicted octanol–water partition coefficient (Wildman–Crippen LogP) is 3.18. The van der Waals surface area contributed by atoms with E-state index >= 15 is 0 Å². The summed E-state index contributed by atoms with van der Waals surface area (Å²) < 4.78 is 6.41. The Kier molecular flexibility index (Phi) is 6.18. The number of rotatable bonds is 3. The highest BCUT2D eigenvalue weighted by molar-refractivity contribution is 6.01. The molecule has 0 bridgehead atoms. The van der Waals surface area contributed by atoms with Gasteiger partial charge in [0.05, 0.1) is 23.7 Å². The summed E-state index contributed by atoms with van der Waals surface area (Å²) in [7, 11) is 0. The Morgan fingerprint density at radius 2 is 1.97 bits per heavy atom. The number of anilines is 3. The van der Waals surface area contributed by atoms with E-state index < -0.39 is 0 Å². The quantitative estimate of drug-likeness (QED) is 0.594. The Morgan fingerprint density at radius 3 is 2.83 bits per heavy atom. The molecule has 0 saturated carbocycles. The molecule has 2 atom stereocenters. The molecule has 8 nitrogen and oxygen atoms in total. The van der Waals surface area contributed by atoms with Gasteiger partial charge in [0.25, 0.3) is 0 Å². The second-order valence-corrected chi connectivity index (χ2v) is 9.70. The normalized spacial score (nSPS) is 22.3. The van der Waals surface area contributed by atoms with Gasteiger partial charge in [-0.1, -0.05) is 0 Å². The van der Waals surface area contributed by atoms with E-state index in [-0.39, 0.29) is 12.2 Å². The number of nitrogens with zero attached hydrogens (tertiary/aromatic N) is 5. The molecular formula is C28H31N7O. The van der Waals surface area contributed by atoms with Crippen LogP contribution in [0.25, 0.3) is 10.9 Å². The fourth-order valence-electron chi connectivity index (χ4n) is 5.51. The summed E-state index contributed by atoms with van der Waals surface area (Å²) in [5, 5.41) is 17.6.